The molecule has 0 saturated carbocycles. The van der Waals surface area contributed by atoms with E-state index < -0.39 is 17.7 Å². The number of hydrogen-bond acceptors (Lipinski definition) is 2. The molecule has 0 bridgehead atoms. The monoisotopic (exact) mass is 222 g/mol. The zero-order valence-electron chi connectivity index (χ0n) is 8.41. The zero-order chi connectivity index (χ0) is 11.5. The van der Waals surface area contributed by atoms with Crippen LogP contribution in [0.4, 0.5) is 13.2 Å². The molecule has 0 saturated heterocycles. The van der Waals surface area contributed by atoms with Gasteiger partial charge in [-0.25, -0.2) is 0 Å². The van der Waals surface area contributed by atoms with Crippen molar-refractivity contribution in [2.75, 3.05) is 0 Å². The van der Waals surface area contributed by atoms with Gasteiger partial charge in [0.1, 0.15) is 0 Å². The van der Waals surface area contributed by atoms with Gasteiger partial charge in [0, 0.05) is 0 Å². The summed E-state index contributed by atoms with van der Waals surface area (Å²) in [4.78, 5) is 10.0. The molecule has 0 amide bonds. The van der Waals surface area contributed by atoms with E-state index in [-0.39, 0.29) is 18.9 Å². The Hall–Kier alpha value is -1.18. The van der Waals surface area contributed by atoms with Gasteiger partial charge in [0.05, 0.1) is 11.5 Å². The molecule has 0 aliphatic heterocycles. The van der Waals surface area contributed by atoms with Crippen LogP contribution in [0.3, 0.4) is 0 Å². The molecule has 0 radical (unpaired) electrons. The van der Waals surface area contributed by atoms with Crippen LogP contribution in [-0.4, -0.2) is 5.97 Å². The molecule has 0 N–H and O–H groups in total. The first-order valence-electron chi connectivity index (χ1n) is 3.96. The number of halogens is 3. The second kappa shape index (κ2) is 5.78. The van der Waals surface area contributed by atoms with Crippen molar-refractivity contribution in [1.82, 2.24) is 0 Å². The molecule has 80 valence electrons. The smallest absolute Gasteiger partial charge is 0.545 e. The van der Waals surface area contributed by atoms with Crippen LogP contribution < -0.4 is 24.0 Å². The molecular weight excluding hydrogens is 216 g/mol. The number of carboxylic acids is 1. The van der Waals surface area contributed by atoms with Gasteiger partial charge in [0.2, 0.25) is 0 Å². The molecule has 1 rings (SSSR count). The second-order valence-electron chi connectivity index (χ2n) is 2.77. The fourth-order valence-electron chi connectivity index (χ4n) is 0.947. The van der Waals surface area contributed by atoms with Crippen molar-refractivity contribution in [2.45, 2.75) is 6.18 Å². The van der Waals surface area contributed by atoms with Gasteiger partial charge < -0.3 is 9.90 Å². The summed E-state index contributed by atoms with van der Waals surface area (Å²) < 4.78 is 36.3. The summed E-state index contributed by atoms with van der Waals surface area (Å²) in [6.45, 7) is 0. The standard InChI is InChI=1S/C10H7F3O2.Li/c11-10(12,13)8-4-1-7(2-5-8)3-6-9(14)15;/h1-6H,(H,14,15);/q;+1/p-1. The largest absolute Gasteiger partial charge is 1.00 e. The molecule has 0 aliphatic carbocycles. The fourth-order valence-corrected chi connectivity index (χ4v) is 0.947. The minimum atomic E-state index is -4.38. The summed E-state index contributed by atoms with van der Waals surface area (Å²) in [6.07, 6.45) is -2.46. The van der Waals surface area contributed by atoms with Crippen molar-refractivity contribution in [3.63, 3.8) is 0 Å². The van der Waals surface area contributed by atoms with Gasteiger partial charge in [-0.2, -0.15) is 13.2 Å². The Morgan fingerprint density at radius 1 is 1.19 bits per heavy atom. The molecule has 2 nitrogen and oxygen atoms in total. The van der Waals surface area contributed by atoms with Gasteiger partial charge in [-0.1, -0.05) is 18.2 Å². The van der Waals surface area contributed by atoms with Crippen LogP contribution in [0, 0.1) is 0 Å². The quantitative estimate of drug-likeness (QED) is 0.450. The number of carboxylic acid groups (broad SMARTS) is 1. The zero-order valence-corrected chi connectivity index (χ0v) is 8.41. The van der Waals surface area contributed by atoms with Gasteiger partial charge in [-0.15, -0.1) is 0 Å². The minimum Gasteiger partial charge on any atom is -0.545 e. The Morgan fingerprint density at radius 3 is 2.06 bits per heavy atom. The van der Waals surface area contributed by atoms with E-state index in [9.17, 15) is 23.1 Å². The van der Waals surface area contributed by atoms with Crippen molar-refractivity contribution < 1.29 is 41.9 Å². The fraction of sp³-hybridized carbons (Fsp3) is 0.100. The maximum Gasteiger partial charge on any atom is 1.00 e. The van der Waals surface area contributed by atoms with Crippen LogP contribution >= 0.6 is 0 Å². The number of aliphatic carboxylic acids is 1. The summed E-state index contributed by atoms with van der Waals surface area (Å²) in [5.74, 6) is -1.39. The predicted molar refractivity (Wildman–Crippen MR) is 45.5 cm³/mol. The third-order valence-corrected chi connectivity index (χ3v) is 1.65. The van der Waals surface area contributed by atoms with Crippen LogP contribution in [0.2, 0.25) is 0 Å². The summed E-state index contributed by atoms with van der Waals surface area (Å²) in [6, 6.07) is 4.13. The van der Waals surface area contributed by atoms with Crippen molar-refractivity contribution in [3.05, 3.63) is 41.5 Å². The number of rotatable bonds is 2. The molecule has 16 heavy (non-hydrogen) atoms. The number of benzene rings is 1. The molecule has 0 aromatic heterocycles. The Kier molecular flexibility index (Phi) is 5.35. The van der Waals surface area contributed by atoms with Crippen LogP contribution in [0.25, 0.3) is 6.08 Å². The Balaban J connectivity index is 0.00000225. The van der Waals surface area contributed by atoms with E-state index in [1.807, 2.05) is 0 Å². The maximum atomic E-state index is 12.1. The van der Waals surface area contributed by atoms with Crippen LogP contribution in [0.1, 0.15) is 11.1 Å². The van der Waals surface area contributed by atoms with Gasteiger partial charge in [0.15, 0.2) is 0 Å². The summed E-state index contributed by atoms with van der Waals surface area (Å²) >= 11 is 0. The van der Waals surface area contributed by atoms with Crippen LogP contribution in [0.15, 0.2) is 30.3 Å². The number of carbonyl (C=O) groups is 1. The second-order valence-corrected chi connectivity index (χ2v) is 2.77. The summed E-state index contributed by atoms with van der Waals surface area (Å²) in [5, 5.41) is 10.0. The SMILES string of the molecule is O=C([O-])C=Cc1ccc(C(F)(F)F)cc1.[Li+]. The molecule has 0 spiro atoms. The van der Waals surface area contributed by atoms with Crippen molar-refractivity contribution in [3.8, 4) is 0 Å². The van der Waals surface area contributed by atoms with Gasteiger partial charge in [-0.05, 0) is 23.8 Å². The van der Waals surface area contributed by atoms with Gasteiger partial charge in [0.25, 0.3) is 0 Å². The van der Waals surface area contributed by atoms with E-state index in [1.165, 1.54) is 12.1 Å². The average Bonchev–Trinajstić information content (AvgIpc) is 2.14. The Morgan fingerprint density at radius 2 is 1.69 bits per heavy atom. The number of hydrogen-bond donors (Lipinski definition) is 0. The third kappa shape index (κ3) is 4.56. The first-order chi connectivity index (χ1) is 6.89. The van der Waals surface area contributed by atoms with Gasteiger partial charge in [-0.3, -0.25) is 0 Å². The Labute approximate surface area is 102 Å². The molecular formula is C10H6F3LiO2. The predicted octanol–water partition coefficient (Wildman–Crippen LogP) is -1.53. The maximum absolute atomic E-state index is 12.1. The molecule has 1 aromatic carbocycles. The molecule has 0 atom stereocenters. The minimum absolute atomic E-state index is 0. The van der Waals surface area contributed by atoms with E-state index in [4.69, 9.17) is 0 Å². The average molecular weight is 222 g/mol. The summed E-state index contributed by atoms with van der Waals surface area (Å²) in [7, 11) is 0. The van der Waals surface area contributed by atoms with E-state index in [1.54, 1.807) is 0 Å². The normalized spacial score (nSPS) is 11.2. The molecule has 6 heteroatoms. The molecule has 1 aromatic rings. The number of carbonyl (C=O) groups excluding carboxylic acids is 1. The first-order valence-corrected chi connectivity index (χ1v) is 3.96. The van der Waals surface area contributed by atoms with Crippen molar-refractivity contribution in [2.24, 2.45) is 0 Å². The number of alkyl halides is 3. The topological polar surface area (TPSA) is 40.1 Å². The van der Waals surface area contributed by atoms with E-state index in [0.717, 1.165) is 24.3 Å². The van der Waals surface area contributed by atoms with Crippen molar-refractivity contribution >= 4 is 12.0 Å². The van der Waals surface area contributed by atoms with Crippen LogP contribution in [0.5, 0.6) is 0 Å². The third-order valence-electron chi connectivity index (χ3n) is 1.65. The Bertz CT molecular complexity index is 382. The van der Waals surface area contributed by atoms with Gasteiger partial charge >= 0.3 is 25.0 Å². The first kappa shape index (κ1) is 14.8. The molecule has 0 heterocycles. The summed E-state index contributed by atoms with van der Waals surface area (Å²) in [5.41, 5.74) is -0.402. The van der Waals surface area contributed by atoms with E-state index >= 15 is 0 Å². The van der Waals surface area contributed by atoms with Crippen molar-refractivity contribution in [1.29, 1.82) is 0 Å². The van der Waals surface area contributed by atoms with E-state index in [0.29, 0.717) is 5.56 Å². The molecule has 0 aliphatic rings. The molecule has 0 unspecified atom stereocenters. The molecule has 0 fully saturated rings. The van der Waals surface area contributed by atoms with Crippen LogP contribution in [-0.2, 0) is 11.0 Å². The van der Waals surface area contributed by atoms with E-state index in [2.05, 4.69) is 0 Å².